The van der Waals surface area contributed by atoms with Gasteiger partial charge in [-0.05, 0) is 25.0 Å². The van der Waals surface area contributed by atoms with Gasteiger partial charge in [0, 0.05) is 12.5 Å². The molecule has 1 aliphatic heterocycles. The molecule has 1 aliphatic carbocycles. The Balaban J connectivity index is 1.61. The Morgan fingerprint density at radius 2 is 2.14 bits per heavy atom. The number of ether oxygens (including phenoxy) is 2. The normalized spacial score (nSPS) is 28.6. The summed E-state index contributed by atoms with van der Waals surface area (Å²) >= 11 is 0. The molecule has 0 spiro atoms. The van der Waals surface area contributed by atoms with Gasteiger partial charge in [-0.15, -0.1) is 0 Å². The predicted octanol–water partition coefficient (Wildman–Crippen LogP) is 1.45. The fourth-order valence-electron chi connectivity index (χ4n) is 3.45. The van der Waals surface area contributed by atoms with E-state index in [0.29, 0.717) is 25.5 Å². The van der Waals surface area contributed by atoms with Gasteiger partial charge in [0.1, 0.15) is 5.75 Å². The number of rotatable bonds is 4. The minimum atomic E-state index is -0.322. The maximum absolute atomic E-state index is 12.5. The van der Waals surface area contributed by atoms with E-state index in [2.05, 4.69) is 0 Å². The van der Waals surface area contributed by atoms with Crippen molar-refractivity contribution in [1.29, 1.82) is 0 Å². The molecule has 1 amide bonds. The molecule has 120 valence electrons. The lowest BCUT2D eigenvalue weighted by molar-refractivity contribution is -0.146. The number of hydrogen-bond donors (Lipinski definition) is 1. The van der Waals surface area contributed by atoms with Crippen molar-refractivity contribution in [2.24, 2.45) is 5.92 Å². The molecule has 1 saturated carbocycles. The number of morpholine rings is 1. The summed E-state index contributed by atoms with van der Waals surface area (Å²) in [4.78, 5) is 14.3. The highest BCUT2D eigenvalue weighted by molar-refractivity contribution is 5.78. The van der Waals surface area contributed by atoms with E-state index < -0.39 is 0 Å². The Bertz CT molecular complexity index is 493. The van der Waals surface area contributed by atoms with Gasteiger partial charge >= 0.3 is 0 Å². The topological polar surface area (TPSA) is 59.0 Å². The second-order valence-corrected chi connectivity index (χ2v) is 5.99. The fraction of sp³-hybridized carbons (Fsp3) is 0.588. The number of benzene rings is 1. The van der Waals surface area contributed by atoms with Crippen molar-refractivity contribution < 1.29 is 19.4 Å². The van der Waals surface area contributed by atoms with E-state index in [-0.39, 0.29) is 30.6 Å². The Morgan fingerprint density at radius 3 is 2.86 bits per heavy atom. The lowest BCUT2D eigenvalue weighted by atomic mass is 9.94. The first kappa shape index (κ1) is 15.3. The third kappa shape index (κ3) is 3.42. The maximum atomic E-state index is 12.5. The number of aliphatic hydroxyl groups excluding tert-OH is 1. The second-order valence-electron chi connectivity index (χ2n) is 5.99. The second kappa shape index (κ2) is 7.11. The number of hydrogen-bond acceptors (Lipinski definition) is 4. The van der Waals surface area contributed by atoms with Crippen LogP contribution in [0.3, 0.4) is 0 Å². The van der Waals surface area contributed by atoms with Crippen LogP contribution in [0.25, 0.3) is 0 Å². The number of aliphatic hydroxyl groups is 1. The van der Waals surface area contributed by atoms with Crippen LogP contribution in [0.1, 0.15) is 19.3 Å². The van der Waals surface area contributed by atoms with Crippen molar-refractivity contribution in [3.05, 3.63) is 30.3 Å². The Hall–Kier alpha value is -1.59. The molecule has 3 rings (SSSR count). The van der Waals surface area contributed by atoms with Crippen LogP contribution >= 0.6 is 0 Å². The summed E-state index contributed by atoms with van der Waals surface area (Å²) in [6.07, 6.45) is 2.48. The smallest absolute Gasteiger partial charge is 0.260 e. The number of nitrogens with zero attached hydrogens (tertiary/aromatic N) is 1. The van der Waals surface area contributed by atoms with Crippen LogP contribution in [-0.4, -0.2) is 54.4 Å². The number of carbonyl (C=O) groups is 1. The monoisotopic (exact) mass is 305 g/mol. The maximum Gasteiger partial charge on any atom is 0.260 e. The molecule has 2 aliphatic rings. The molecule has 1 heterocycles. The zero-order chi connectivity index (χ0) is 15.4. The highest BCUT2D eigenvalue weighted by Crippen LogP contribution is 2.32. The van der Waals surface area contributed by atoms with Crippen LogP contribution in [0.2, 0.25) is 0 Å². The first-order chi connectivity index (χ1) is 10.8. The molecule has 0 unspecified atom stereocenters. The van der Waals surface area contributed by atoms with Crippen molar-refractivity contribution in [2.75, 3.05) is 26.4 Å². The zero-order valence-corrected chi connectivity index (χ0v) is 12.7. The molecule has 0 radical (unpaired) electrons. The van der Waals surface area contributed by atoms with Crippen molar-refractivity contribution in [3.8, 4) is 5.75 Å². The van der Waals surface area contributed by atoms with Crippen LogP contribution in [0.4, 0.5) is 0 Å². The van der Waals surface area contributed by atoms with E-state index in [4.69, 9.17) is 9.47 Å². The lowest BCUT2D eigenvalue weighted by Crippen LogP contribution is -2.54. The molecular formula is C17H23NO4. The molecule has 3 atom stereocenters. The molecule has 0 aromatic heterocycles. The van der Waals surface area contributed by atoms with Crippen LogP contribution in [0.15, 0.2) is 30.3 Å². The van der Waals surface area contributed by atoms with Crippen LogP contribution in [-0.2, 0) is 9.53 Å². The van der Waals surface area contributed by atoms with Gasteiger partial charge in [-0.1, -0.05) is 24.6 Å². The summed E-state index contributed by atoms with van der Waals surface area (Å²) in [6, 6.07) is 9.32. The van der Waals surface area contributed by atoms with Gasteiger partial charge in [0.05, 0.1) is 25.4 Å². The van der Waals surface area contributed by atoms with E-state index in [1.54, 1.807) is 0 Å². The van der Waals surface area contributed by atoms with Crippen molar-refractivity contribution in [2.45, 2.75) is 31.4 Å². The molecule has 1 saturated heterocycles. The quantitative estimate of drug-likeness (QED) is 0.915. The SMILES string of the molecule is O=C(COc1ccccc1)N1CCOC[C@@H]1[C@@H]1CCC[C@H]1O. The minimum absolute atomic E-state index is 0.0295. The average Bonchev–Trinajstić information content (AvgIpc) is 2.99. The summed E-state index contributed by atoms with van der Waals surface area (Å²) in [5.74, 6) is 0.791. The zero-order valence-electron chi connectivity index (χ0n) is 12.7. The highest BCUT2D eigenvalue weighted by Gasteiger charge is 2.39. The van der Waals surface area contributed by atoms with E-state index >= 15 is 0 Å². The van der Waals surface area contributed by atoms with E-state index in [1.165, 1.54) is 0 Å². The molecule has 5 heteroatoms. The van der Waals surface area contributed by atoms with Crippen LogP contribution in [0.5, 0.6) is 5.75 Å². The summed E-state index contributed by atoms with van der Waals surface area (Å²) in [5, 5.41) is 10.1. The molecule has 5 nitrogen and oxygen atoms in total. The van der Waals surface area contributed by atoms with E-state index in [1.807, 2.05) is 35.2 Å². The Kier molecular flexibility index (Phi) is 4.95. The molecular weight excluding hydrogens is 282 g/mol. The Morgan fingerprint density at radius 1 is 1.32 bits per heavy atom. The molecule has 1 aromatic carbocycles. The van der Waals surface area contributed by atoms with Gasteiger partial charge < -0.3 is 19.5 Å². The van der Waals surface area contributed by atoms with Crippen molar-refractivity contribution in [1.82, 2.24) is 4.90 Å². The first-order valence-corrected chi connectivity index (χ1v) is 7.99. The molecule has 1 N–H and O–H groups in total. The van der Waals surface area contributed by atoms with Crippen molar-refractivity contribution >= 4 is 5.91 Å². The van der Waals surface area contributed by atoms with Gasteiger partial charge in [0.15, 0.2) is 6.61 Å². The van der Waals surface area contributed by atoms with Crippen molar-refractivity contribution in [3.63, 3.8) is 0 Å². The average molecular weight is 305 g/mol. The largest absolute Gasteiger partial charge is 0.484 e. The van der Waals surface area contributed by atoms with E-state index in [9.17, 15) is 9.90 Å². The predicted molar refractivity (Wildman–Crippen MR) is 81.6 cm³/mol. The van der Waals surface area contributed by atoms with E-state index in [0.717, 1.165) is 19.3 Å². The van der Waals surface area contributed by atoms with Gasteiger partial charge in [-0.2, -0.15) is 0 Å². The third-order valence-corrected chi connectivity index (χ3v) is 4.62. The first-order valence-electron chi connectivity index (χ1n) is 7.99. The van der Waals surface area contributed by atoms with Gasteiger partial charge in [0.2, 0.25) is 0 Å². The minimum Gasteiger partial charge on any atom is -0.484 e. The third-order valence-electron chi connectivity index (χ3n) is 4.62. The highest BCUT2D eigenvalue weighted by atomic mass is 16.5. The summed E-state index contributed by atoms with van der Waals surface area (Å²) in [7, 11) is 0. The number of carbonyl (C=O) groups excluding carboxylic acids is 1. The van der Waals surface area contributed by atoms with Gasteiger partial charge in [-0.25, -0.2) is 0 Å². The van der Waals surface area contributed by atoms with Gasteiger partial charge in [0.25, 0.3) is 5.91 Å². The summed E-state index contributed by atoms with van der Waals surface area (Å²) < 4.78 is 11.1. The Labute approximate surface area is 130 Å². The molecule has 2 fully saturated rings. The number of para-hydroxylation sites is 1. The lowest BCUT2D eigenvalue weighted by Gasteiger charge is -2.40. The number of amides is 1. The standard InChI is InChI=1S/C17H23NO4/c19-16-8-4-7-14(16)15-11-21-10-9-18(15)17(20)12-22-13-5-2-1-3-6-13/h1-3,5-6,14-16,19H,4,7-12H2/t14-,15+,16+/m0/s1. The molecule has 0 bridgehead atoms. The van der Waals surface area contributed by atoms with Gasteiger partial charge in [-0.3, -0.25) is 4.79 Å². The molecule has 1 aromatic rings. The summed E-state index contributed by atoms with van der Waals surface area (Å²) in [6.45, 7) is 1.67. The fourth-order valence-corrected chi connectivity index (χ4v) is 3.45. The van der Waals surface area contributed by atoms with Crippen LogP contribution < -0.4 is 4.74 Å². The van der Waals surface area contributed by atoms with Crippen LogP contribution in [0, 0.1) is 5.92 Å². The summed E-state index contributed by atoms with van der Waals surface area (Å²) in [5.41, 5.74) is 0. The molecule has 22 heavy (non-hydrogen) atoms.